The van der Waals surface area contributed by atoms with E-state index in [9.17, 15) is 14.4 Å². The van der Waals surface area contributed by atoms with Gasteiger partial charge in [-0.1, -0.05) is 37.1 Å². The number of aryl methyl sites for hydroxylation is 1. The molecule has 1 aromatic heterocycles. The summed E-state index contributed by atoms with van der Waals surface area (Å²) in [5.41, 5.74) is 2.10. The van der Waals surface area contributed by atoms with E-state index >= 15 is 0 Å². The molecule has 1 saturated carbocycles. The van der Waals surface area contributed by atoms with Gasteiger partial charge in [-0.15, -0.1) is 0 Å². The Balaban J connectivity index is 1.71. The van der Waals surface area contributed by atoms with Gasteiger partial charge in [-0.3, -0.25) is 14.4 Å². The minimum Gasteiger partial charge on any atom is -0.467 e. The number of nitrogens with one attached hydrogen (secondary N) is 2. The molecule has 1 aromatic carbocycles. The summed E-state index contributed by atoms with van der Waals surface area (Å²) in [6.07, 6.45) is 7.68. The lowest BCUT2D eigenvalue weighted by Gasteiger charge is -2.39. The SMILES string of the molecule is COCCNC(=O)C(c1ccco1)N(C(=O)C(=O)NC1CCCC1)C1CCCc2ccccc21. The highest BCUT2D eigenvalue weighted by molar-refractivity contribution is 6.35. The van der Waals surface area contributed by atoms with Gasteiger partial charge in [0.25, 0.3) is 5.91 Å². The third kappa shape index (κ3) is 5.33. The van der Waals surface area contributed by atoms with Crippen LogP contribution < -0.4 is 10.6 Å². The summed E-state index contributed by atoms with van der Waals surface area (Å²) in [5.74, 6) is -1.47. The standard InChI is InChI=1S/C26H33N3O5/c1-33-17-15-27-24(30)23(22-14-7-16-34-22)29(26(32)25(31)28-19-10-3-4-11-19)21-13-6-9-18-8-2-5-12-20(18)21/h2,5,7-8,12,14,16,19,21,23H,3-4,6,9-11,13,15,17H2,1H3,(H,27,30)(H,28,31). The van der Waals surface area contributed by atoms with Crippen molar-refractivity contribution in [3.05, 3.63) is 59.5 Å². The summed E-state index contributed by atoms with van der Waals surface area (Å²) in [4.78, 5) is 41.8. The molecule has 0 saturated heterocycles. The fourth-order valence-corrected chi connectivity index (χ4v) is 5.10. The van der Waals surface area contributed by atoms with Crippen LogP contribution in [0.2, 0.25) is 0 Å². The number of benzene rings is 1. The Kier molecular flexibility index (Phi) is 8.00. The maximum atomic E-state index is 13.8. The number of furan rings is 1. The molecule has 4 rings (SSSR count). The van der Waals surface area contributed by atoms with Gasteiger partial charge in [0.05, 0.1) is 18.9 Å². The molecule has 2 atom stereocenters. The maximum Gasteiger partial charge on any atom is 0.313 e. The Morgan fingerprint density at radius 3 is 2.62 bits per heavy atom. The molecule has 34 heavy (non-hydrogen) atoms. The van der Waals surface area contributed by atoms with E-state index < -0.39 is 29.8 Å². The second-order valence-corrected chi connectivity index (χ2v) is 8.98. The second kappa shape index (κ2) is 11.3. The molecule has 2 aliphatic carbocycles. The van der Waals surface area contributed by atoms with Crippen LogP contribution in [-0.2, 0) is 25.5 Å². The molecule has 0 bridgehead atoms. The van der Waals surface area contributed by atoms with Crippen molar-refractivity contribution in [3.63, 3.8) is 0 Å². The average molecular weight is 468 g/mol. The van der Waals surface area contributed by atoms with Crippen molar-refractivity contribution in [3.8, 4) is 0 Å². The number of nitrogens with zero attached hydrogens (tertiary/aromatic N) is 1. The van der Waals surface area contributed by atoms with Crippen molar-refractivity contribution in [1.82, 2.24) is 15.5 Å². The Morgan fingerprint density at radius 2 is 1.88 bits per heavy atom. The van der Waals surface area contributed by atoms with Crippen LogP contribution in [0.1, 0.15) is 67.5 Å². The molecule has 8 nitrogen and oxygen atoms in total. The Bertz CT molecular complexity index is 984. The van der Waals surface area contributed by atoms with Crippen molar-refractivity contribution in [2.75, 3.05) is 20.3 Å². The van der Waals surface area contributed by atoms with Crippen molar-refractivity contribution in [2.45, 2.75) is 63.1 Å². The van der Waals surface area contributed by atoms with Crippen molar-refractivity contribution in [1.29, 1.82) is 0 Å². The molecular formula is C26H33N3O5. The average Bonchev–Trinajstić information content (AvgIpc) is 3.56. The zero-order valence-corrected chi connectivity index (χ0v) is 19.6. The highest BCUT2D eigenvalue weighted by Gasteiger charge is 2.42. The summed E-state index contributed by atoms with van der Waals surface area (Å²) < 4.78 is 10.7. The van der Waals surface area contributed by atoms with Gasteiger partial charge in [0.1, 0.15) is 5.76 Å². The van der Waals surface area contributed by atoms with Crippen LogP contribution in [-0.4, -0.2) is 48.9 Å². The quantitative estimate of drug-likeness (QED) is 0.459. The van der Waals surface area contributed by atoms with Gasteiger partial charge in [-0.05, 0) is 55.4 Å². The highest BCUT2D eigenvalue weighted by atomic mass is 16.5. The third-order valence-electron chi connectivity index (χ3n) is 6.74. The van der Waals surface area contributed by atoms with Gasteiger partial charge < -0.3 is 24.7 Å². The van der Waals surface area contributed by atoms with Gasteiger partial charge in [-0.25, -0.2) is 0 Å². The first kappa shape index (κ1) is 24.0. The number of fused-ring (bicyclic) bond motifs is 1. The predicted octanol–water partition coefficient (Wildman–Crippen LogP) is 3.05. The Hall–Kier alpha value is -3.13. The van der Waals surface area contributed by atoms with E-state index in [0.29, 0.717) is 18.8 Å². The Morgan fingerprint density at radius 1 is 1.09 bits per heavy atom. The fraction of sp³-hybridized carbons (Fsp3) is 0.500. The number of carbonyl (C=O) groups excluding carboxylic acids is 3. The van der Waals surface area contributed by atoms with Crippen LogP contribution in [0.5, 0.6) is 0 Å². The van der Waals surface area contributed by atoms with Crippen LogP contribution in [0.25, 0.3) is 0 Å². The minimum absolute atomic E-state index is 0.00506. The van der Waals surface area contributed by atoms with Crippen molar-refractivity contribution >= 4 is 17.7 Å². The first-order valence-electron chi connectivity index (χ1n) is 12.1. The minimum atomic E-state index is -1.08. The molecule has 2 unspecified atom stereocenters. The molecule has 182 valence electrons. The molecule has 2 aliphatic rings. The van der Waals surface area contributed by atoms with E-state index in [1.54, 1.807) is 19.2 Å². The Labute approximate surface area is 200 Å². The van der Waals surface area contributed by atoms with E-state index in [4.69, 9.17) is 9.15 Å². The normalized spacial score (nSPS) is 18.7. The molecule has 0 aliphatic heterocycles. The lowest BCUT2D eigenvalue weighted by atomic mass is 9.85. The summed E-state index contributed by atoms with van der Waals surface area (Å²) in [5, 5.41) is 5.73. The molecular weight excluding hydrogens is 434 g/mol. The second-order valence-electron chi connectivity index (χ2n) is 8.98. The summed E-state index contributed by atoms with van der Waals surface area (Å²) in [6.45, 7) is 0.614. The number of hydrogen-bond acceptors (Lipinski definition) is 5. The largest absolute Gasteiger partial charge is 0.467 e. The van der Waals surface area contributed by atoms with Gasteiger partial charge in [0.15, 0.2) is 6.04 Å². The third-order valence-corrected chi connectivity index (χ3v) is 6.74. The van der Waals surface area contributed by atoms with E-state index in [1.807, 2.05) is 24.3 Å². The van der Waals surface area contributed by atoms with Gasteiger partial charge in [0.2, 0.25) is 0 Å². The zero-order chi connectivity index (χ0) is 23.9. The van der Waals surface area contributed by atoms with E-state index in [2.05, 4.69) is 10.6 Å². The number of ether oxygens (including phenoxy) is 1. The van der Waals surface area contributed by atoms with Crippen LogP contribution in [0.15, 0.2) is 47.1 Å². The number of hydrogen-bond donors (Lipinski definition) is 2. The summed E-state index contributed by atoms with van der Waals surface area (Å²) in [7, 11) is 1.55. The van der Waals surface area contributed by atoms with Crippen molar-refractivity contribution < 1.29 is 23.5 Å². The lowest BCUT2D eigenvalue weighted by molar-refractivity contribution is -0.153. The topological polar surface area (TPSA) is 101 Å². The molecule has 3 amide bonds. The van der Waals surface area contributed by atoms with E-state index in [0.717, 1.165) is 49.7 Å². The predicted molar refractivity (Wildman–Crippen MR) is 126 cm³/mol. The highest BCUT2D eigenvalue weighted by Crippen LogP contribution is 2.39. The summed E-state index contributed by atoms with van der Waals surface area (Å²) in [6, 6.07) is 9.78. The van der Waals surface area contributed by atoms with E-state index in [1.165, 1.54) is 11.2 Å². The van der Waals surface area contributed by atoms with Gasteiger partial charge >= 0.3 is 11.8 Å². The molecule has 0 spiro atoms. The first-order valence-corrected chi connectivity index (χ1v) is 12.1. The zero-order valence-electron chi connectivity index (χ0n) is 19.6. The molecule has 0 radical (unpaired) electrons. The van der Waals surface area contributed by atoms with Crippen molar-refractivity contribution in [2.24, 2.45) is 0 Å². The van der Waals surface area contributed by atoms with Crippen LogP contribution >= 0.6 is 0 Å². The molecule has 8 heteroatoms. The maximum absolute atomic E-state index is 13.8. The summed E-state index contributed by atoms with van der Waals surface area (Å²) >= 11 is 0. The van der Waals surface area contributed by atoms with Crippen LogP contribution in [0, 0.1) is 0 Å². The number of carbonyl (C=O) groups is 3. The number of amides is 3. The fourth-order valence-electron chi connectivity index (χ4n) is 5.10. The van der Waals surface area contributed by atoms with Crippen LogP contribution in [0.4, 0.5) is 0 Å². The number of methoxy groups -OCH3 is 1. The molecule has 1 fully saturated rings. The number of rotatable bonds is 8. The molecule has 2 N–H and O–H groups in total. The first-order chi connectivity index (χ1) is 16.6. The monoisotopic (exact) mass is 467 g/mol. The smallest absolute Gasteiger partial charge is 0.313 e. The molecule has 1 heterocycles. The molecule has 2 aromatic rings. The lowest BCUT2D eigenvalue weighted by Crippen LogP contribution is -2.52. The van der Waals surface area contributed by atoms with Gasteiger partial charge in [0, 0.05) is 19.7 Å². The van der Waals surface area contributed by atoms with Crippen LogP contribution in [0.3, 0.4) is 0 Å². The van der Waals surface area contributed by atoms with Gasteiger partial charge in [-0.2, -0.15) is 0 Å². The van der Waals surface area contributed by atoms with E-state index in [-0.39, 0.29) is 12.6 Å².